The Morgan fingerprint density at radius 1 is 1.04 bits per heavy atom. The van der Waals surface area contributed by atoms with Gasteiger partial charge in [-0.1, -0.05) is 24.3 Å². The predicted octanol–water partition coefficient (Wildman–Crippen LogP) is 2.35. The monoisotopic (exact) mass is 365 g/mol. The number of rotatable bonds is 2. The third-order valence-electron chi connectivity index (χ3n) is 5.36. The van der Waals surface area contributed by atoms with Gasteiger partial charge in [0, 0.05) is 31.9 Å². The number of nitrogens with one attached hydrogen (secondary N) is 1. The molecule has 6 nitrogen and oxygen atoms in total. The van der Waals surface area contributed by atoms with E-state index in [0.29, 0.717) is 24.5 Å². The average Bonchev–Trinajstić information content (AvgIpc) is 2.69. The van der Waals surface area contributed by atoms with Crippen molar-refractivity contribution in [3.8, 4) is 5.75 Å². The molecule has 2 aromatic rings. The molecule has 2 aromatic carbocycles. The second-order valence-electron chi connectivity index (χ2n) is 7.01. The molecular weight excluding hydrogens is 342 g/mol. The van der Waals surface area contributed by atoms with Crippen LogP contribution in [0.3, 0.4) is 0 Å². The molecule has 0 aromatic heterocycles. The Morgan fingerprint density at radius 2 is 1.78 bits per heavy atom. The summed E-state index contributed by atoms with van der Waals surface area (Å²) in [6.07, 6.45) is -1.12. The second kappa shape index (κ2) is 6.95. The highest BCUT2D eigenvalue weighted by molar-refractivity contribution is 6.11. The van der Waals surface area contributed by atoms with Crippen LogP contribution in [0.25, 0.3) is 0 Å². The number of aryl methyl sites for hydroxylation is 1. The molecule has 140 valence electrons. The van der Waals surface area contributed by atoms with Gasteiger partial charge in [-0.2, -0.15) is 0 Å². The van der Waals surface area contributed by atoms with Gasteiger partial charge in [-0.05, 0) is 43.2 Å². The lowest BCUT2D eigenvalue weighted by atomic mass is 10.1. The summed E-state index contributed by atoms with van der Waals surface area (Å²) in [7, 11) is 0. The van der Waals surface area contributed by atoms with E-state index < -0.39 is 12.0 Å². The third-order valence-corrected chi connectivity index (χ3v) is 5.36. The first-order valence-electron chi connectivity index (χ1n) is 9.21. The van der Waals surface area contributed by atoms with E-state index >= 15 is 0 Å². The normalized spacial score (nSPS) is 19.2. The maximum absolute atomic E-state index is 12.9. The lowest BCUT2D eigenvalue weighted by Crippen LogP contribution is -2.56. The summed E-state index contributed by atoms with van der Waals surface area (Å²) in [5.41, 5.74) is 4.34. The number of anilines is 2. The first kappa shape index (κ1) is 17.4. The van der Waals surface area contributed by atoms with Crippen LogP contribution in [0, 0.1) is 13.8 Å². The van der Waals surface area contributed by atoms with Crippen LogP contribution in [0.2, 0.25) is 0 Å². The molecule has 2 aliphatic heterocycles. The number of fused-ring (bicyclic) bond motifs is 1. The zero-order valence-corrected chi connectivity index (χ0v) is 15.6. The van der Waals surface area contributed by atoms with Crippen molar-refractivity contribution < 1.29 is 14.3 Å². The molecule has 27 heavy (non-hydrogen) atoms. The Kier molecular flexibility index (Phi) is 4.48. The molecule has 1 N–H and O–H groups in total. The molecule has 1 unspecified atom stereocenters. The Hall–Kier alpha value is -3.02. The van der Waals surface area contributed by atoms with E-state index in [9.17, 15) is 9.59 Å². The lowest BCUT2D eigenvalue weighted by molar-refractivity contribution is -0.145. The molecule has 0 aliphatic carbocycles. The van der Waals surface area contributed by atoms with Crippen LogP contribution >= 0.6 is 0 Å². The zero-order valence-electron chi connectivity index (χ0n) is 15.6. The van der Waals surface area contributed by atoms with Crippen molar-refractivity contribution >= 4 is 23.2 Å². The summed E-state index contributed by atoms with van der Waals surface area (Å²) in [4.78, 5) is 29.2. The number of benzene rings is 2. The van der Waals surface area contributed by atoms with E-state index in [1.54, 1.807) is 17.0 Å². The number of hydrogen-bond donors (Lipinski definition) is 1. The number of para-hydroxylation sites is 2. The first-order chi connectivity index (χ1) is 13.0. The van der Waals surface area contributed by atoms with Crippen LogP contribution in [0.1, 0.15) is 11.1 Å². The Balaban J connectivity index is 1.43. The molecule has 2 aliphatic rings. The quantitative estimate of drug-likeness (QED) is 0.830. The summed E-state index contributed by atoms with van der Waals surface area (Å²) >= 11 is 0. The maximum Gasteiger partial charge on any atom is 0.275 e. The lowest BCUT2D eigenvalue weighted by Gasteiger charge is -2.38. The topological polar surface area (TPSA) is 61.9 Å². The molecule has 0 spiro atoms. The van der Waals surface area contributed by atoms with E-state index in [2.05, 4.69) is 42.3 Å². The van der Waals surface area contributed by atoms with E-state index in [1.165, 1.54) is 16.8 Å². The third kappa shape index (κ3) is 3.23. The van der Waals surface area contributed by atoms with Gasteiger partial charge in [-0.3, -0.25) is 9.59 Å². The highest BCUT2D eigenvalue weighted by atomic mass is 16.5. The number of amides is 2. The van der Waals surface area contributed by atoms with Crippen molar-refractivity contribution in [1.29, 1.82) is 0 Å². The summed E-state index contributed by atoms with van der Waals surface area (Å²) in [6.45, 7) is 6.85. The molecule has 0 saturated carbocycles. The van der Waals surface area contributed by atoms with Gasteiger partial charge in [0.2, 0.25) is 0 Å². The molecule has 1 saturated heterocycles. The van der Waals surface area contributed by atoms with Gasteiger partial charge in [0.05, 0.1) is 5.69 Å². The number of carbonyl (C=O) groups excluding carboxylic acids is 2. The van der Waals surface area contributed by atoms with Gasteiger partial charge in [0.25, 0.3) is 17.9 Å². The van der Waals surface area contributed by atoms with Crippen LogP contribution in [0.5, 0.6) is 5.75 Å². The van der Waals surface area contributed by atoms with Crippen LogP contribution in [-0.2, 0) is 9.59 Å². The molecule has 2 amide bonds. The number of carbonyl (C=O) groups is 2. The number of hydrogen-bond acceptors (Lipinski definition) is 4. The van der Waals surface area contributed by atoms with Crippen LogP contribution in [0.4, 0.5) is 11.4 Å². The molecule has 6 heteroatoms. The van der Waals surface area contributed by atoms with Crippen LogP contribution < -0.4 is 15.0 Å². The van der Waals surface area contributed by atoms with Crippen molar-refractivity contribution in [2.45, 2.75) is 20.0 Å². The maximum atomic E-state index is 12.9. The molecule has 0 radical (unpaired) electrons. The molecule has 2 heterocycles. The average molecular weight is 365 g/mol. The smallest absolute Gasteiger partial charge is 0.275 e. The number of nitrogens with zero attached hydrogens (tertiary/aromatic N) is 2. The van der Waals surface area contributed by atoms with Crippen molar-refractivity contribution in [2.75, 3.05) is 36.4 Å². The molecular formula is C21H23N3O3. The van der Waals surface area contributed by atoms with Crippen molar-refractivity contribution in [3.05, 3.63) is 53.6 Å². The Morgan fingerprint density at radius 3 is 2.56 bits per heavy atom. The van der Waals surface area contributed by atoms with E-state index in [1.807, 2.05) is 12.1 Å². The van der Waals surface area contributed by atoms with E-state index in [0.717, 1.165) is 13.1 Å². The summed E-state index contributed by atoms with van der Waals surface area (Å²) in [5, 5.41) is 2.76. The van der Waals surface area contributed by atoms with E-state index in [-0.39, 0.29) is 5.91 Å². The van der Waals surface area contributed by atoms with Gasteiger partial charge >= 0.3 is 0 Å². The standard InChI is InChI=1S/C21H23N3O3/c1-14-6-5-8-17(15(14)2)23-10-12-24(13-11-23)21(26)19-20(25)22-16-7-3-4-9-18(16)27-19/h3-9,19H,10-13H2,1-2H3,(H,22,25). The highest BCUT2D eigenvalue weighted by Gasteiger charge is 2.37. The van der Waals surface area contributed by atoms with Gasteiger partial charge in [0.15, 0.2) is 0 Å². The van der Waals surface area contributed by atoms with Gasteiger partial charge in [-0.25, -0.2) is 0 Å². The van der Waals surface area contributed by atoms with Crippen molar-refractivity contribution in [1.82, 2.24) is 4.90 Å². The van der Waals surface area contributed by atoms with Crippen molar-refractivity contribution in [3.63, 3.8) is 0 Å². The molecule has 0 bridgehead atoms. The predicted molar refractivity (Wildman–Crippen MR) is 104 cm³/mol. The van der Waals surface area contributed by atoms with Crippen LogP contribution in [-0.4, -0.2) is 49.0 Å². The van der Waals surface area contributed by atoms with Gasteiger partial charge < -0.3 is 19.9 Å². The Bertz CT molecular complexity index is 888. The van der Waals surface area contributed by atoms with Gasteiger partial charge in [0.1, 0.15) is 5.75 Å². The largest absolute Gasteiger partial charge is 0.468 e. The highest BCUT2D eigenvalue weighted by Crippen LogP contribution is 2.30. The molecule has 4 rings (SSSR count). The summed E-state index contributed by atoms with van der Waals surface area (Å²) in [5.74, 6) is -0.150. The minimum Gasteiger partial charge on any atom is -0.468 e. The fourth-order valence-electron chi connectivity index (χ4n) is 3.63. The number of piperazine rings is 1. The van der Waals surface area contributed by atoms with E-state index in [4.69, 9.17) is 4.74 Å². The van der Waals surface area contributed by atoms with Gasteiger partial charge in [-0.15, -0.1) is 0 Å². The van der Waals surface area contributed by atoms with Crippen LogP contribution in [0.15, 0.2) is 42.5 Å². The minimum absolute atomic E-state index is 0.275. The zero-order chi connectivity index (χ0) is 19.0. The number of ether oxygens (including phenoxy) is 1. The second-order valence-corrected chi connectivity index (χ2v) is 7.01. The SMILES string of the molecule is Cc1cccc(N2CCN(C(=O)C3Oc4ccccc4NC3=O)CC2)c1C. The fraction of sp³-hybridized carbons (Fsp3) is 0.333. The minimum atomic E-state index is -1.12. The summed E-state index contributed by atoms with van der Waals surface area (Å²) < 4.78 is 5.69. The molecule has 1 fully saturated rings. The van der Waals surface area contributed by atoms with Crippen molar-refractivity contribution in [2.24, 2.45) is 0 Å². The Labute approximate surface area is 158 Å². The summed E-state index contributed by atoms with van der Waals surface area (Å²) in [6, 6.07) is 13.4. The first-order valence-corrected chi connectivity index (χ1v) is 9.21. The molecule has 1 atom stereocenters. The fourth-order valence-corrected chi connectivity index (χ4v) is 3.63.